The van der Waals surface area contributed by atoms with Crippen molar-refractivity contribution in [3.63, 3.8) is 0 Å². The predicted molar refractivity (Wildman–Crippen MR) is 126 cm³/mol. The van der Waals surface area contributed by atoms with Crippen LogP contribution in [0, 0.1) is 5.82 Å². The Balaban J connectivity index is 1.43. The number of nitrogens with zero attached hydrogens (tertiary/aromatic N) is 1. The van der Waals surface area contributed by atoms with Crippen LogP contribution < -0.4 is 15.5 Å². The van der Waals surface area contributed by atoms with Crippen molar-refractivity contribution >= 4 is 39.4 Å². The molecule has 0 fully saturated rings. The number of hydrogen-bond donors (Lipinski definition) is 3. The summed E-state index contributed by atoms with van der Waals surface area (Å²) in [6, 6.07) is 23.2. The van der Waals surface area contributed by atoms with Gasteiger partial charge >= 0.3 is 0 Å². The van der Waals surface area contributed by atoms with E-state index in [1.165, 1.54) is 11.5 Å². The van der Waals surface area contributed by atoms with Gasteiger partial charge in [-0.25, -0.2) is 4.39 Å². The van der Waals surface area contributed by atoms with Crippen molar-refractivity contribution in [1.29, 1.82) is 0 Å². The Bertz CT molecular complexity index is 1350. The van der Waals surface area contributed by atoms with Crippen LogP contribution in [0.3, 0.4) is 0 Å². The Morgan fingerprint density at radius 2 is 1.81 bits per heavy atom. The summed E-state index contributed by atoms with van der Waals surface area (Å²) in [7, 11) is 0. The van der Waals surface area contributed by atoms with Gasteiger partial charge in [0.05, 0.1) is 16.9 Å². The van der Waals surface area contributed by atoms with Gasteiger partial charge in [0.25, 0.3) is 5.91 Å². The third-order valence-electron chi connectivity index (χ3n) is 5.43. The monoisotopic (exact) mass is 425 g/mol. The molecule has 0 aliphatic carbocycles. The van der Waals surface area contributed by atoms with E-state index in [2.05, 4.69) is 45.9 Å². The van der Waals surface area contributed by atoms with E-state index in [1.54, 1.807) is 12.1 Å². The van der Waals surface area contributed by atoms with Crippen LogP contribution in [-0.2, 0) is 0 Å². The standard InChI is InChI=1S/C26H20FN3O2/c27-18-7-12-22(24(31)16-18)26(32)29-19-8-10-20(11-9-19)30-15-3-14-28-25-21-5-2-1-4-17(21)6-13-23(25)30/h1-13,15-16,28,31H,14H2,(H,29,32). The van der Waals surface area contributed by atoms with Gasteiger partial charge in [-0.1, -0.05) is 30.3 Å². The molecule has 5 nitrogen and oxygen atoms in total. The molecule has 4 aromatic carbocycles. The average Bonchev–Trinajstić information content (AvgIpc) is 3.02. The Morgan fingerprint density at radius 1 is 1.00 bits per heavy atom. The average molecular weight is 425 g/mol. The number of nitrogens with one attached hydrogen (secondary N) is 2. The fourth-order valence-electron chi connectivity index (χ4n) is 3.87. The van der Waals surface area contributed by atoms with E-state index < -0.39 is 17.5 Å². The molecule has 0 bridgehead atoms. The van der Waals surface area contributed by atoms with Gasteiger partial charge in [0, 0.05) is 35.6 Å². The molecule has 6 heteroatoms. The molecule has 5 rings (SSSR count). The first-order valence-corrected chi connectivity index (χ1v) is 10.2. The maximum absolute atomic E-state index is 13.2. The van der Waals surface area contributed by atoms with Crippen LogP contribution in [0.2, 0.25) is 0 Å². The van der Waals surface area contributed by atoms with Gasteiger partial charge in [0.2, 0.25) is 0 Å². The van der Waals surface area contributed by atoms with Crippen molar-refractivity contribution < 1.29 is 14.3 Å². The highest BCUT2D eigenvalue weighted by Crippen LogP contribution is 2.39. The van der Waals surface area contributed by atoms with Crippen molar-refractivity contribution in [2.24, 2.45) is 0 Å². The van der Waals surface area contributed by atoms with Crippen LogP contribution in [-0.4, -0.2) is 17.6 Å². The molecule has 4 aromatic rings. The van der Waals surface area contributed by atoms with Gasteiger partial charge in [0.15, 0.2) is 0 Å². The lowest BCUT2D eigenvalue weighted by atomic mass is 10.1. The second kappa shape index (κ2) is 8.07. The molecule has 0 aromatic heterocycles. The third-order valence-corrected chi connectivity index (χ3v) is 5.43. The second-order valence-corrected chi connectivity index (χ2v) is 7.48. The number of rotatable bonds is 3. The van der Waals surface area contributed by atoms with E-state index in [1.807, 2.05) is 30.5 Å². The minimum absolute atomic E-state index is 0.0119. The molecule has 0 atom stereocenters. The molecular formula is C26H20FN3O2. The van der Waals surface area contributed by atoms with E-state index in [-0.39, 0.29) is 5.56 Å². The number of phenols is 1. The number of carbonyl (C=O) groups is 1. The normalized spacial score (nSPS) is 12.7. The number of hydrogen-bond acceptors (Lipinski definition) is 4. The quantitative estimate of drug-likeness (QED) is 0.376. The van der Waals surface area contributed by atoms with Crippen LogP contribution in [0.15, 0.2) is 91.1 Å². The molecule has 0 radical (unpaired) electrons. The second-order valence-electron chi connectivity index (χ2n) is 7.48. The van der Waals surface area contributed by atoms with Crippen LogP contribution in [0.25, 0.3) is 10.8 Å². The molecule has 1 aliphatic rings. The lowest BCUT2D eigenvalue weighted by Crippen LogP contribution is -2.13. The van der Waals surface area contributed by atoms with Crippen molar-refractivity contribution in [3.05, 3.63) is 103 Å². The molecule has 0 unspecified atom stereocenters. The van der Waals surface area contributed by atoms with E-state index in [0.29, 0.717) is 12.2 Å². The molecule has 1 amide bonds. The zero-order chi connectivity index (χ0) is 22.1. The summed E-state index contributed by atoms with van der Waals surface area (Å²) in [4.78, 5) is 14.5. The highest BCUT2D eigenvalue weighted by atomic mass is 19.1. The number of phenolic OH excluding ortho intramolecular Hbond substituents is 1. The zero-order valence-electron chi connectivity index (χ0n) is 17.0. The van der Waals surface area contributed by atoms with Gasteiger partial charge in [-0.3, -0.25) is 4.79 Å². The summed E-state index contributed by atoms with van der Waals surface area (Å²) < 4.78 is 13.2. The van der Waals surface area contributed by atoms with Crippen LogP contribution in [0.4, 0.5) is 27.1 Å². The van der Waals surface area contributed by atoms with Crippen molar-refractivity contribution in [2.45, 2.75) is 0 Å². The largest absolute Gasteiger partial charge is 0.507 e. The fourth-order valence-corrected chi connectivity index (χ4v) is 3.87. The number of benzene rings is 4. The molecule has 1 heterocycles. The maximum Gasteiger partial charge on any atom is 0.259 e. The first-order chi connectivity index (χ1) is 15.6. The van der Waals surface area contributed by atoms with E-state index >= 15 is 0 Å². The molecule has 0 saturated heterocycles. The number of fused-ring (bicyclic) bond motifs is 3. The summed E-state index contributed by atoms with van der Waals surface area (Å²) >= 11 is 0. The lowest BCUT2D eigenvalue weighted by Gasteiger charge is -2.23. The third kappa shape index (κ3) is 3.63. The first kappa shape index (κ1) is 19.6. The maximum atomic E-state index is 13.2. The summed E-state index contributed by atoms with van der Waals surface area (Å²) in [6.07, 6.45) is 4.08. The lowest BCUT2D eigenvalue weighted by molar-refractivity contribution is 0.102. The Labute approximate surface area is 184 Å². The molecular weight excluding hydrogens is 405 g/mol. The smallest absolute Gasteiger partial charge is 0.259 e. The van der Waals surface area contributed by atoms with Crippen LogP contribution in [0.5, 0.6) is 5.75 Å². The molecule has 158 valence electrons. The van der Waals surface area contributed by atoms with Gasteiger partial charge in [-0.2, -0.15) is 0 Å². The number of carbonyl (C=O) groups excluding carboxylic acids is 1. The molecule has 32 heavy (non-hydrogen) atoms. The number of halogens is 1. The van der Waals surface area contributed by atoms with Crippen molar-refractivity contribution in [3.8, 4) is 5.75 Å². The first-order valence-electron chi connectivity index (χ1n) is 10.2. The van der Waals surface area contributed by atoms with E-state index in [9.17, 15) is 14.3 Å². The molecule has 1 aliphatic heterocycles. The number of amides is 1. The van der Waals surface area contributed by atoms with Crippen molar-refractivity contribution in [2.75, 3.05) is 22.1 Å². The topological polar surface area (TPSA) is 64.6 Å². The Kier molecular flexibility index (Phi) is 4.95. The van der Waals surface area contributed by atoms with Crippen molar-refractivity contribution in [1.82, 2.24) is 0 Å². The predicted octanol–water partition coefficient (Wildman–Crippen LogP) is 6.01. The Morgan fingerprint density at radius 3 is 2.62 bits per heavy atom. The van der Waals surface area contributed by atoms with E-state index in [4.69, 9.17) is 0 Å². The highest BCUT2D eigenvalue weighted by Gasteiger charge is 2.17. The Hall–Kier alpha value is -4.32. The molecule has 0 spiro atoms. The minimum Gasteiger partial charge on any atom is -0.507 e. The molecule has 3 N–H and O–H groups in total. The van der Waals surface area contributed by atoms with Gasteiger partial charge < -0.3 is 20.6 Å². The highest BCUT2D eigenvalue weighted by molar-refractivity contribution is 6.06. The summed E-state index contributed by atoms with van der Waals surface area (Å²) in [5.41, 5.74) is 3.61. The number of aromatic hydroxyl groups is 1. The SMILES string of the molecule is O=C(Nc1ccc(N2C=CCNc3c2ccc2ccccc32)cc1)c1ccc(F)cc1O. The van der Waals surface area contributed by atoms with Crippen LogP contribution in [0.1, 0.15) is 10.4 Å². The minimum atomic E-state index is -0.601. The number of anilines is 4. The van der Waals surface area contributed by atoms with Gasteiger partial charge in [0.1, 0.15) is 11.6 Å². The van der Waals surface area contributed by atoms with E-state index in [0.717, 1.165) is 34.6 Å². The van der Waals surface area contributed by atoms with Gasteiger partial charge in [-0.05, 0) is 53.9 Å². The summed E-state index contributed by atoms with van der Waals surface area (Å²) in [6.45, 7) is 0.715. The summed E-state index contributed by atoms with van der Waals surface area (Å²) in [5.74, 6) is -1.51. The summed E-state index contributed by atoms with van der Waals surface area (Å²) in [5, 5.41) is 18.4. The van der Waals surface area contributed by atoms with Gasteiger partial charge in [-0.15, -0.1) is 0 Å². The fraction of sp³-hybridized carbons (Fsp3) is 0.0385. The zero-order valence-corrected chi connectivity index (χ0v) is 17.0. The van der Waals surface area contributed by atoms with Crippen LogP contribution >= 0.6 is 0 Å². The molecule has 0 saturated carbocycles.